The van der Waals surface area contributed by atoms with E-state index in [9.17, 15) is 0 Å². The number of benzene rings is 1. The highest BCUT2D eigenvalue weighted by Gasteiger charge is 2.31. The van der Waals surface area contributed by atoms with E-state index in [4.69, 9.17) is 32.7 Å². The summed E-state index contributed by atoms with van der Waals surface area (Å²) < 4.78 is 10.9. The first-order chi connectivity index (χ1) is 9.13. The molecule has 1 aromatic carbocycles. The van der Waals surface area contributed by atoms with Gasteiger partial charge in [0.2, 0.25) is 0 Å². The molecule has 1 aliphatic carbocycles. The molecule has 106 valence electrons. The van der Waals surface area contributed by atoms with Crippen molar-refractivity contribution in [3.63, 3.8) is 0 Å². The third-order valence-corrected chi connectivity index (χ3v) is 4.31. The fourth-order valence-corrected chi connectivity index (χ4v) is 3.21. The first kappa shape index (κ1) is 15.0. The number of rotatable bonds is 6. The van der Waals surface area contributed by atoms with Gasteiger partial charge in [-0.3, -0.25) is 0 Å². The van der Waals surface area contributed by atoms with Crippen molar-refractivity contribution >= 4 is 23.2 Å². The minimum Gasteiger partial charge on any atom is -0.496 e. The van der Waals surface area contributed by atoms with Crippen molar-refractivity contribution in [2.75, 3.05) is 13.7 Å². The summed E-state index contributed by atoms with van der Waals surface area (Å²) in [6.07, 6.45) is 3.60. The van der Waals surface area contributed by atoms with Crippen molar-refractivity contribution in [1.82, 2.24) is 0 Å². The van der Waals surface area contributed by atoms with Crippen molar-refractivity contribution in [2.45, 2.75) is 37.7 Å². The van der Waals surface area contributed by atoms with Crippen LogP contribution < -0.4 is 4.74 Å². The van der Waals surface area contributed by atoms with Crippen LogP contribution >= 0.6 is 23.2 Å². The van der Waals surface area contributed by atoms with Crippen molar-refractivity contribution < 1.29 is 9.47 Å². The van der Waals surface area contributed by atoms with E-state index < -0.39 is 0 Å². The number of alkyl halides is 1. The maximum atomic E-state index is 6.51. The Morgan fingerprint density at radius 3 is 2.74 bits per heavy atom. The Morgan fingerprint density at radius 2 is 2.11 bits per heavy atom. The standard InChI is InChI=1S/C15H20Cl2O2/c1-3-19-12-6-10(7-12)8-14(17)13-9-11(16)4-5-15(13)18-2/h4-5,9-10,12,14H,3,6-8H2,1-2H3. The lowest BCUT2D eigenvalue weighted by molar-refractivity contribution is -0.0267. The fourth-order valence-electron chi connectivity index (χ4n) is 2.61. The van der Waals surface area contributed by atoms with Crippen LogP contribution in [0.2, 0.25) is 5.02 Å². The SMILES string of the molecule is CCOC1CC(CC(Cl)c2cc(Cl)ccc2OC)C1. The highest BCUT2D eigenvalue weighted by atomic mass is 35.5. The van der Waals surface area contributed by atoms with Crippen LogP contribution in [0, 0.1) is 5.92 Å². The largest absolute Gasteiger partial charge is 0.496 e. The first-order valence-electron chi connectivity index (χ1n) is 6.73. The Morgan fingerprint density at radius 1 is 1.37 bits per heavy atom. The molecule has 0 amide bonds. The normalized spacial score (nSPS) is 23.8. The smallest absolute Gasteiger partial charge is 0.123 e. The Labute approximate surface area is 125 Å². The zero-order valence-electron chi connectivity index (χ0n) is 11.4. The summed E-state index contributed by atoms with van der Waals surface area (Å²) in [5, 5.41) is 0.642. The van der Waals surface area contributed by atoms with Gasteiger partial charge in [-0.25, -0.2) is 0 Å². The zero-order chi connectivity index (χ0) is 13.8. The van der Waals surface area contributed by atoms with Gasteiger partial charge in [-0.05, 0) is 50.3 Å². The van der Waals surface area contributed by atoms with Gasteiger partial charge in [-0.15, -0.1) is 11.6 Å². The first-order valence-corrected chi connectivity index (χ1v) is 7.54. The number of methoxy groups -OCH3 is 1. The second-order valence-electron chi connectivity index (χ2n) is 5.00. The molecule has 0 aromatic heterocycles. The van der Waals surface area contributed by atoms with E-state index in [1.54, 1.807) is 7.11 Å². The zero-order valence-corrected chi connectivity index (χ0v) is 12.9. The molecule has 2 nitrogen and oxygen atoms in total. The van der Waals surface area contributed by atoms with Crippen molar-refractivity contribution in [1.29, 1.82) is 0 Å². The summed E-state index contributed by atoms with van der Waals surface area (Å²) in [7, 11) is 1.66. The molecule has 1 atom stereocenters. The molecule has 1 fully saturated rings. The highest BCUT2D eigenvalue weighted by Crippen LogP contribution is 2.42. The van der Waals surface area contributed by atoms with Crippen LogP contribution in [0.5, 0.6) is 5.75 Å². The van der Waals surface area contributed by atoms with Crippen LogP contribution in [0.15, 0.2) is 18.2 Å². The van der Waals surface area contributed by atoms with Crippen LogP contribution in [0.3, 0.4) is 0 Å². The summed E-state index contributed by atoms with van der Waals surface area (Å²) in [5.41, 5.74) is 0.983. The fraction of sp³-hybridized carbons (Fsp3) is 0.600. The average molecular weight is 303 g/mol. The minimum absolute atomic E-state index is 0.0544. The molecular weight excluding hydrogens is 283 g/mol. The van der Waals surface area contributed by atoms with E-state index in [0.717, 1.165) is 37.2 Å². The lowest BCUT2D eigenvalue weighted by Gasteiger charge is -2.36. The summed E-state index contributed by atoms with van der Waals surface area (Å²) in [5.74, 6) is 1.45. The van der Waals surface area contributed by atoms with Crippen molar-refractivity contribution in [3.05, 3.63) is 28.8 Å². The van der Waals surface area contributed by atoms with E-state index in [1.807, 2.05) is 25.1 Å². The molecule has 0 aliphatic heterocycles. The van der Waals surface area contributed by atoms with E-state index in [2.05, 4.69) is 0 Å². The Balaban J connectivity index is 1.93. The summed E-state index contributed by atoms with van der Waals surface area (Å²) >= 11 is 12.5. The number of hydrogen-bond acceptors (Lipinski definition) is 2. The molecule has 0 spiro atoms. The molecule has 0 saturated heterocycles. The van der Waals surface area contributed by atoms with Gasteiger partial charge in [0.15, 0.2) is 0 Å². The van der Waals surface area contributed by atoms with Crippen LogP contribution in [-0.2, 0) is 4.74 Å². The predicted octanol–water partition coefficient (Wildman–Crippen LogP) is 4.83. The third kappa shape index (κ3) is 3.77. The second-order valence-corrected chi connectivity index (χ2v) is 5.97. The van der Waals surface area contributed by atoms with E-state index in [-0.39, 0.29) is 5.38 Å². The summed E-state index contributed by atoms with van der Waals surface area (Å²) in [4.78, 5) is 0. The predicted molar refractivity (Wildman–Crippen MR) is 79.4 cm³/mol. The molecule has 1 aliphatic rings. The molecule has 0 bridgehead atoms. The number of halogens is 2. The Kier molecular flexibility index (Phi) is 5.37. The lowest BCUT2D eigenvalue weighted by Crippen LogP contribution is -2.31. The molecule has 0 N–H and O–H groups in total. The van der Waals surface area contributed by atoms with Gasteiger partial charge < -0.3 is 9.47 Å². The van der Waals surface area contributed by atoms with Crippen molar-refractivity contribution in [3.8, 4) is 5.75 Å². The average Bonchev–Trinajstić information content (AvgIpc) is 2.36. The van der Waals surface area contributed by atoms with Crippen LogP contribution in [0.1, 0.15) is 37.1 Å². The van der Waals surface area contributed by atoms with Crippen LogP contribution in [0.4, 0.5) is 0 Å². The molecule has 4 heteroatoms. The summed E-state index contributed by atoms with van der Waals surface area (Å²) in [6.45, 7) is 2.83. The topological polar surface area (TPSA) is 18.5 Å². The maximum Gasteiger partial charge on any atom is 0.123 e. The van der Waals surface area contributed by atoms with Crippen LogP contribution in [0.25, 0.3) is 0 Å². The molecule has 1 saturated carbocycles. The summed E-state index contributed by atoms with van der Waals surface area (Å²) in [6, 6.07) is 5.59. The minimum atomic E-state index is -0.0544. The van der Waals surface area contributed by atoms with Gasteiger partial charge in [0.1, 0.15) is 5.75 Å². The lowest BCUT2D eigenvalue weighted by atomic mass is 9.78. The Bertz CT molecular complexity index is 417. The second kappa shape index (κ2) is 6.83. The molecule has 2 rings (SSSR count). The molecule has 19 heavy (non-hydrogen) atoms. The number of ether oxygens (including phenoxy) is 2. The van der Waals surface area contributed by atoms with E-state index in [0.29, 0.717) is 17.0 Å². The molecule has 1 unspecified atom stereocenters. The maximum absolute atomic E-state index is 6.51. The van der Waals surface area contributed by atoms with E-state index in [1.165, 1.54) is 0 Å². The molecule has 1 aromatic rings. The highest BCUT2D eigenvalue weighted by molar-refractivity contribution is 6.31. The van der Waals surface area contributed by atoms with Crippen LogP contribution in [-0.4, -0.2) is 19.8 Å². The van der Waals surface area contributed by atoms with Gasteiger partial charge in [-0.1, -0.05) is 11.6 Å². The quantitative estimate of drug-likeness (QED) is 0.701. The van der Waals surface area contributed by atoms with Gasteiger partial charge in [0, 0.05) is 17.2 Å². The molecule has 0 heterocycles. The molecular formula is C15H20Cl2O2. The van der Waals surface area contributed by atoms with Gasteiger partial charge in [0.25, 0.3) is 0 Å². The Hall–Kier alpha value is -0.440. The van der Waals surface area contributed by atoms with Gasteiger partial charge in [-0.2, -0.15) is 0 Å². The number of hydrogen-bond donors (Lipinski definition) is 0. The van der Waals surface area contributed by atoms with Gasteiger partial charge >= 0.3 is 0 Å². The van der Waals surface area contributed by atoms with Crippen molar-refractivity contribution in [2.24, 2.45) is 5.92 Å². The molecule has 0 radical (unpaired) electrons. The van der Waals surface area contributed by atoms with E-state index >= 15 is 0 Å². The monoisotopic (exact) mass is 302 g/mol. The van der Waals surface area contributed by atoms with Gasteiger partial charge in [0.05, 0.1) is 18.6 Å². The third-order valence-electron chi connectivity index (χ3n) is 3.66.